The summed E-state index contributed by atoms with van der Waals surface area (Å²) in [6.45, 7) is 0. The predicted octanol–water partition coefficient (Wildman–Crippen LogP) is 3.55. The summed E-state index contributed by atoms with van der Waals surface area (Å²) in [5.41, 5.74) is 0.704. The van der Waals surface area contributed by atoms with Gasteiger partial charge in [-0.1, -0.05) is 18.6 Å². The van der Waals surface area contributed by atoms with E-state index in [2.05, 4.69) is 4.98 Å². The number of non-ortho nitro benzene ring substituents is 1. The lowest BCUT2D eigenvalue weighted by molar-refractivity contribution is -0.384. The highest BCUT2D eigenvalue weighted by molar-refractivity contribution is 7.13. The minimum atomic E-state index is -0.779. The lowest BCUT2D eigenvalue weighted by atomic mass is 9.77. The van der Waals surface area contributed by atoms with Crippen molar-refractivity contribution in [3.63, 3.8) is 0 Å². The normalized spacial score (nSPS) is 26.2. The molecule has 1 aromatic heterocycles. The summed E-state index contributed by atoms with van der Waals surface area (Å²) in [6, 6.07) is 5.28. The van der Waals surface area contributed by atoms with Crippen molar-refractivity contribution in [1.82, 2.24) is 4.98 Å². The molecule has 0 bridgehead atoms. The number of fused-ring (bicyclic) bond motifs is 1. The standard InChI is InChI=1S/C20H17N3O5S/c24-17-13-6-1-2-7-14(13)28-18-15(17)16(11-4-3-5-12(10-11)23(26)27)22(19(18)25)20-21-8-9-29-20/h3-5,8-10,13-14,16H,1-2,6-7H2. The zero-order valence-corrected chi connectivity index (χ0v) is 16.1. The number of hydrogen-bond donors (Lipinski definition) is 0. The van der Waals surface area contributed by atoms with E-state index in [0.717, 1.165) is 25.7 Å². The van der Waals surface area contributed by atoms with Gasteiger partial charge in [-0.25, -0.2) is 4.98 Å². The first-order valence-electron chi connectivity index (χ1n) is 9.48. The summed E-state index contributed by atoms with van der Waals surface area (Å²) >= 11 is 1.27. The molecule has 1 fully saturated rings. The summed E-state index contributed by atoms with van der Waals surface area (Å²) in [5, 5.41) is 13.5. The van der Waals surface area contributed by atoms with Gasteiger partial charge in [0.05, 0.1) is 22.5 Å². The van der Waals surface area contributed by atoms with E-state index in [9.17, 15) is 19.7 Å². The molecule has 0 radical (unpaired) electrons. The van der Waals surface area contributed by atoms with Gasteiger partial charge >= 0.3 is 0 Å². The van der Waals surface area contributed by atoms with Crippen molar-refractivity contribution < 1.29 is 19.2 Å². The fraction of sp³-hybridized carbons (Fsp3) is 0.350. The van der Waals surface area contributed by atoms with Crippen molar-refractivity contribution in [2.45, 2.75) is 37.8 Å². The third-order valence-corrected chi connectivity index (χ3v) is 6.56. The Morgan fingerprint density at radius 1 is 1.24 bits per heavy atom. The van der Waals surface area contributed by atoms with Crippen molar-refractivity contribution in [2.24, 2.45) is 5.92 Å². The molecule has 0 saturated heterocycles. The number of anilines is 1. The fourth-order valence-corrected chi connectivity index (χ4v) is 5.17. The molecule has 9 heteroatoms. The van der Waals surface area contributed by atoms with Crippen LogP contribution in [0.3, 0.4) is 0 Å². The zero-order chi connectivity index (χ0) is 20.1. The SMILES string of the molecule is O=C1C2=C(OC3CCCCC13)C(=O)N(c1nccs1)C2c1cccc([N+](=O)[O-])c1. The Bertz CT molecular complexity index is 1050. The number of benzene rings is 1. The molecule has 3 unspecified atom stereocenters. The molecule has 2 aliphatic heterocycles. The van der Waals surface area contributed by atoms with Gasteiger partial charge in [0.2, 0.25) is 0 Å². The lowest BCUT2D eigenvalue weighted by Crippen LogP contribution is -2.39. The van der Waals surface area contributed by atoms with E-state index in [1.807, 2.05) is 0 Å². The monoisotopic (exact) mass is 411 g/mol. The Morgan fingerprint density at radius 2 is 2.07 bits per heavy atom. The summed E-state index contributed by atoms with van der Waals surface area (Å²) in [6.07, 6.45) is 4.70. The molecule has 3 aliphatic rings. The summed E-state index contributed by atoms with van der Waals surface area (Å²) in [7, 11) is 0. The third-order valence-electron chi connectivity index (χ3n) is 5.79. The largest absolute Gasteiger partial charge is 0.483 e. The molecule has 1 aromatic carbocycles. The van der Waals surface area contributed by atoms with Gasteiger partial charge < -0.3 is 4.74 Å². The Kier molecular flexibility index (Phi) is 4.20. The molecule has 0 spiro atoms. The van der Waals surface area contributed by atoms with Crippen molar-refractivity contribution in [2.75, 3.05) is 4.90 Å². The Morgan fingerprint density at radius 3 is 2.83 bits per heavy atom. The second-order valence-electron chi connectivity index (χ2n) is 7.40. The molecule has 2 aromatic rings. The molecule has 29 heavy (non-hydrogen) atoms. The van der Waals surface area contributed by atoms with Crippen molar-refractivity contribution >= 4 is 33.8 Å². The van der Waals surface area contributed by atoms with Gasteiger partial charge in [-0.15, -0.1) is 11.3 Å². The van der Waals surface area contributed by atoms with Crippen LogP contribution in [0.1, 0.15) is 37.3 Å². The summed E-state index contributed by atoms with van der Waals surface area (Å²) in [5.74, 6) is -0.693. The fourth-order valence-electron chi connectivity index (χ4n) is 4.50. The average Bonchev–Trinajstić information content (AvgIpc) is 3.35. The second-order valence-corrected chi connectivity index (χ2v) is 8.27. The molecule has 8 nitrogen and oxygen atoms in total. The first-order valence-corrected chi connectivity index (χ1v) is 10.4. The number of aromatic nitrogens is 1. The van der Waals surface area contributed by atoms with Gasteiger partial charge in [-0.05, 0) is 24.8 Å². The Balaban J connectivity index is 1.67. The molecule has 1 aliphatic carbocycles. The number of carbonyl (C=O) groups excluding carboxylic acids is 2. The van der Waals surface area contributed by atoms with Crippen LogP contribution in [0, 0.1) is 16.0 Å². The lowest BCUT2D eigenvalue weighted by Gasteiger charge is -2.35. The van der Waals surface area contributed by atoms with Gasteiger partial charge in [0.25, 0.3) is 11.6 Å². The maximum Gasteiger partial charge on any atom is 0.296 e. The Labute approximate surface area is 170 Å². The zero-order valence-electron chi connectivity index (χ0n) is 15.3. The van der Waals surface area contributed by atoms with E-state index < -0.39 is 16.9 Å². The van der Waals surface area contributed by atoms with Crippen LogP contribution >= 0.6 is 11.3 Å². The highest BCUT2D eigenvalue weighted by Gasteiger charge is 2.53. The van der Waals surface area contributed by atoms with Gasteiger partial charge in [-0.3, -0.25) is 24.6 Å². The van der Waals surface area contributed by atoms with E-state index in [-0.39, 0.29) is 29.3 Å². The molecular weight excluding hydrogens is 394 g/mol. The van der Waals surface area contributed by atoms with E-state index in [1.54, 1.807) is 23.7 Å². The maximum atomic E-state index is 13.4. The number of carbonyl (C=O) groups is 2. The topological polar surface area (TPSA) is 103 Å². The van der Waals surface area contributed by atoms with Gasteiger partial charge in [0.1, 0.15) is 6.10 Å². The number of nitro groups is 1. The van der Waals surface area contributed by atoms with E-state index in [0.29, 0.717) is 16.3 Å². The first kappa shape index (κ1) is 18.0. The van der Waals surface area contributed by atoms with Crippen LogP contribution in [0.2, 0.25) is 0 Å². The average molecular weight is 411 g/mol. The van der Waals surface area contributed by atoms with E-state index in [4.69, 9.17) is 4.74 Å². The second kappa shape index (κ2) is 6.77. The van der Waals surface area contributed by atoms with Crippen LogP contribution in [0.4, 0.5) is 10.8 Å². The van der Waals surface area contributed by atoms with Crippen LogP contribution in [-0.4, -0.2) is 27.7 Å². The maximum absolute atomic E-state index is 13.4. The number of hydrogen-bond acceptors (Lipinski definition) is 7. The predicted molar refractivity (Wildman–Crippen MR) is 104 cm³/mol. The van der Waals surface area contributed by atoms with Gasteiger partial charge in [0.15, 0.2) is 16.7 Å². The molecular formula is C20H17N3O5S. The van der Waals surface area contributed by atoms with Crippen LogP contribution in [0.25, 0.3) is 0 Å². The summed E-state index contributed by atoms with van der Waals surface area (Å²) < 4.78 is 6.07. The number of Topliss-reactive ketones (excluding diaryl/α,β-unsaturated/α-hetero) is 1. The molecule has 1 saturated carbocycles. The molecule has 0 N–H and O–H groups in total. The van der Waals surface area contributed by atoms with Crippen LogP contribution in [0.15, 0.2) is 47.2 Å². The smallest absolute Gasteiger partial charge is 0.296 e. The molecule has 3 atom stereocenters. The van der Waals surface area contributed by atoms with Crippen molar-refractivity contribution in [3.8, 4) is 0 Å². The first-order chi connectivity index (χ1) is 14.1. The molecule has 5 rings (SSSR count). The minimum absolute atomic E-state index is 0.0739. The number of amides is 1. The van der Waals surface area contributed by atoms with E-state index in [1.165, 1.54) is 28.4 Å². The molecule has 1 amide bonds. The van der Waals surface area contributed by atoms with E-state index >= 15 is 0 Å². The third kappa shape index (κ3) is 2.76. The van der Waals surface area contributed by atoms with Gasteiger partial charge in [-0.2, -0.15) is 0 Å². The quantitative estimate of drug-likeness (QED) is 0.565. The van der Waals surface area contributed by atoms with Crippen LogP contribution < -0.4 is 4.90 Å². The highest BCUT2D eigenvalue weighted by atomic mass is 32.1. The number of nitrogens with zero attached hydrogens (tertiary/aromatic N) is 3. The molecule has 3 heterocycles. The molecule has 148 valence electrons. The van der Waals surface area contributed by atoms with Crippen molar-refractivity contribution in [3.05, 3.63) is 62.9 Å². The Hall–Kier alpha value is -3.07. The number of ether oxygens (including phenoxy) is 1. The van der Waals surface area contributed by atoms with Crippen molar-refractivity contribution in [1.29, 1.82) is 0 Å². The number of ketones is 1. The van der Waals surface area contributed by atoms with Gasteiger partial charge in [0, 0.05) is 23.7 Å². The van der Waals surface area contributed by atoms with Crippen LogP contribution in [-0.2, 0) is 14.3 Å². The summed E-state index contributed by atoms with van der Waals surface area (Å²) in [4.78, 5) is 43.2. The highest BCUT2D eigenvalue weighted by Crippen LogP contribution is 2.48. The van der Waals surface area contributed by atoms with Crippen LogP contribution in [0.5, 0.6) is 0 Å². The number of rotatable bonds is 3. The number of nitro benzene ring substituents is 1. The number of thiazole rings is 1. The minimum Gasteiger partial charge on any atom is -0.483 e.